The van der Waals surface area contributed by atoms with Gasteiger partial charge in [0.1, 0.15) is 11.2 Å². The lowest BCUT2D eigenvalue weighted by Crippen LogP contribution is -2.54. The molecule has 0 saturated carbocycles. The Kier molecular flexibility index (Phi) is 6.71. The molecule has 0 aromatic carbocycles. The van der Waals surface area contributed by atoms with E-state index in [0.717, 1.165) is 52.9 Å². The largest absolute Gasteiger partial charge is 0.340 e. The zero-order chi connectivity index (χ0) is 25.4. The van der Waals surface area contributed by atoms with E-state index in [0.29, 0.717) is 26.2 Å². The number of carbonyl (C=O) groups excluding carboxylic acids is 1. The van der Waals surface area contributed by atoms with Crippen molar-refractivity contribution in [2.45, 2.75) is 50.4 Å². The minimum absolute atomic E-state index is 0.117. The van der Waals surface area contributed by atoms with E-state index in [9.17, 15) is 4.79 Å². The van der Waals surface area contributed by atoms with Crippen molar-refractivity contribution in [3.8, 4) is 11.5 Å². The number of hydrogen-bond acceptors (Lipinski definition) is 7. The van der Waals surface area contributed by atoms with Crippen LogP contribution in [-0.2, 0) is 4.79 Å². The summed E-state index contributed by atoms with van der Waals surface area (Å²) in [6.45, 7) is 5.16. The molecule has 37 heavy (non-hydrogen) atoms. The highest BCUT2D eigenvalue weighted by molar-refractivity contribution is 8.14. The molecule has 6 rings (SSSR count). The number of fused-ring (bicyclic) bond motifs is 1. The van der Waals surface area contributed by atoms with Crippen LogP contribution in [0.2, 0.25) is 0 Å². The summed E-state index contributed by atoms with van der Waals surface area (Å²) in [5.74, 6) is 1.45. The predicted octanol–water partition coefficient (Wildman–Crippen LogP) is 3.99. The molecule has 10 heteroatoms. The van der Waals surface area contributed by atoms with Crippen LogP contribution in [0.1, 0.15) is 38.6 Å². The Morgan fingerprint density at radius 2 is 1.86 bits per heavy atom. The van der Waals surface area contributed by atoms with Crippen LogP contribution in [0.15, 0.2) is 47.7 Å². The molecule has 1 amide bonds. The normalized spacial score (nSPS) is 22.9. The number of aliphatic imine (C=N–C) groups is 1. The van der Waals surface area contributed by atoms with Crippen molar-refractivity contribution in [1.82, 2.24) is 29.3 Å². The highest BCUT2D eigenvalue weighted by Gasteiger charge is 2.45. The number of pyridine rings is 2. The summed E-state index contributed by atoms with van der Waals surface area (Å²) in [5.41, 5.74) is 0.677. The number of piperidine rings is 2. The molecule has 3 aliphatic heterocycles. The van der Waals surface area contributed by atoms with E-state index >= 15 is 4.39 Å². The molecule has 1 atom stereocenters. The van der Waals surface area contributed by atoms with Gasteiger partial charge in [-0.3, -0.25) is 14.8 Å². The van der Waals surface area contributed by atoms with E-state index in [-0.39, 0.29) is 30.8 Å². The molecular formula is C27H32FN7OS. The van der Waals surface area contributed by atoms with Gasteiger partial charge >= 0.3 is 0 Å². The third-order valence-electron chi connectivity index (χ3n) is 7.81. The van der Waals surface area contributed by atoms with Crippen LogP contribution in [0.4, 0.5) is 4.39 Å². The van der Waals surface area contributed by atoms with Crippen molar-refractivity contribution in [2.75, 3.05) is 38.5 Å². The average molecular weight is 522 g/mol. The van der Waals surface area contributed by atoms with E-state index in [1.54, 1.807) is 29.1 Å². The smallest absolute Gasteiger partial charge is 0.260 e. The summed E-state index contributed by atoms with van der Waals surface area (Å²) >= 11 is 1.79. The minimum atomic E-state index is -1.77. The van der Waals surface area contributed by atoms with Gasteiger partial charge in [-0.1, -0.05) is 6.07 Å². The Labute approximate surface area is 220 Å². The number of hydrogen-bond donors (Lipinski definition) is 0. The van der Waals surface area contributed by atoms with Crippen molar-refractivity contribution < 1.29 is 9.18 Å². The fourth-order valence-corrected chi connectivity index (χ4v) is 6.64. The maximum Gasteiger partial charge on any atom is 0.260 e. The number of rotatable bonds is 5. The molecule has 0 aliphatic carbocycles. The number of aromatic nitrogens is 4. The lowest BCUT2D eigenvalue weighted by molar-refractivity contribution is -0.148. The van der Waals surface area contributed by atoms with Crippen LogP contribution >= 0.6 is 11.8 Å². The van der Waals surface area contributed by atoms with Gasteiger partial charge < -0.3 is 14.4 Å². The quantitative estimate of drug-likeness (QED) is 0.505. The second kappa shape index (κ2) is 10.1. The fraction of sp³-hybridized carbons (Fsp3) is 0.519. The van der Waals surface area contributed by atoms with Crippen molar-refractivity contribution in [2.24, 2.45) is 4.99 Å². The molecule has 0 radical (unpaired) electrons. The molecule has 1 unspecified atom stereocenters. The Hall–Kier alpha value is -2.85. The molecular weight excluding hydrogens is 489 g/mol. The van der Waals surface area contributed by atoms with Gasteiger partial charge in [0.05, 0.1) is 11.1 Å². The molecule has 0 spiro atoms. The van der Waals surface area contributed by atoms with E-state index in [4.69, 9.17) is 4.98 Å². The number of imidazole rings is 1. The van der Waals surface area contributed by atoms with E-state index in [1.165, 1.54) is 0 Å². The van der Waals surface area contributed by atoms with Gasteiger partial charge in [0.15, 0.2) is 17.1 Å². The van der Waals surface area contributed by atoms with Crippen molar-refractivity contribution >= 4 is 33.9 Å². The molecule has 194 valence electrons. The number of likely N-dealkylation sites (tertiary alicyclic amines) is 2. The number of alkyl halides is 1. The van der Waals surface area contributed by atoms with Crippen molar-refractivity contribution in [3.63, 3.8) is 0 Å². The molecule has 8 nitrogen and oxygen atoms in total. The molecule has 2 saturated heterocycles. The van der Waals surface area contributed by atoms with Gasteiger partial charge in [-0.2, -0.15) is 0 Å². The Morgan fingerprint density at radius 3 is 2.57 bits per heavy atom. The molecule has 0 N–H and O–H groups in total. The maximum atomic E-state index is 15.9. The monoisotopic (exact) mass is 521 g/mol. The lowest BCUT2D eigenvalue weighted by Gasteiger charge is -2.41. The van der Waals surface area contributed by atoms with Gasteiger partial charge in [-0.25, -0.2) is 14.4 Å². The zero-order valence-electron chi connectivity index (χ0n) is 21.1. The first kappa shape index (κ1) is 24.5. The summed E-state index contributed by atoms with van der Waals surface area (Å²) in [6.07, 6.45) is 5.52. The fourth-order valence-electron chi connectivity index (χ4n) is 5.81. The van der Waals surface area contributed by atoms with Gasteiger partial charge in [0.2, 0.25) is 0 Å². The summed E-state index contributed by atoms with van der Waals surface area (Å²) in [6, 6.07) is 10.0. The summed E-state index contributed by atoms with van der Waals surface area (Å²) in [5, 5.41) is 1.13. The van der Waals surface area contributed by atoms with E-state index < -0.39 is 5.67 Å². The number of halogens is 1. The highest BCUT2D eigenvalue weighted by atomic mass is 32.2. The van der Waals surface area contributed by atoms with Gasteiger partial charge in [-0.15, -0.1) is 11.8 Å². The summed E-state index contributed by atoms with van der Waals surface area (Å²) in [7, 11) is 0. The van der Waals surface area contributed by atoms with Gasteiger partial charge in [0, 0.05) is 69.8 Å². The highest BCUT2D eigenvalue weighted by Crippen LogP contribution is 2.35. The third-order valence-corrected chi connectivity index (χ3v) is 8.88. The van der Waals surface area contributed by atoms with Crippen LogP contribution in [0.3, 0.4) is 0 Å². The molecule has 3 aromatic heterocycles. The topological polar surface area (TPSA) is 79.5 Å². The lowest BCUT2D eigenvalue weighted by atomic mass is 9.90. The number of amides is 1. The molecule has 2 fully saturated rings. The van der Waals surface area contributed by atoms with Crippen LogP contribution in [-0.4, -0.2) is 90.5 Å². The number of thioether (sulfide) groups is 1. The Morgan fingerprint density at radius 1 is 1.08 bits per heavy atom. The van der Waals surface area contributed by atoms with E-state index in [2.05, 4.69) is 24.4 Å². The zero-order valence-corrected chi connectivity index (χ0v) is 21.9. The summed E-state index contributed by atoms with van der Waals surface area (Å²) in [4.78, 5) is 35.9. The first-order valence-corrected chi connectivity index (χ1v) is 14.1. The Balaban J connectivity index is 1.12. The van der Waals surface area contributed by atoms with Gasteiger partial charge in [0.25, 0.3) is 5.91 Å². The molecule has 0 bridgehead atoms. The van der Waals surface area contributed by atoms with Crippen LogP contribution < -0.4 is 0 Å². The molecule has 3 aromatic rings. The second-order valence-electron chi connectivity index (χ2n) is 10.3. The van der Waals surface area contributed by atoms with Crippen LogP contribution in [0.25, 0.3) is 22.7 Å². The SMILES string of the molecule is CC1=NC(CN2CCC(F)(C(=O)N3CCC(n4c(-c5ccccn5)nc5cccnc54)CC3)CC2)CS1. The van der Waals surface area contributed by atoms with Crippen molar-refractivity contribution in [1.29, 1.82) is 0 Å². The Bertz CT molecular complexity index is 1300. The standard InChI is InChI=1S/C27H32FN7OS/c1-19-31-20(18-37-19)17-33-15-9-27(28,10-16-33)26(36)34-13-7-21(8-14-34)35-24-23(6-4-12-30-24)32-25(35)22-5-2-3-11-29-22/h2-6,11-12,20-21H,7-10,13-18H2,1H3. The predicted molar refractivity (Wildman–Crippen MR) is 144 cm³/mol. The van der Waals surface area contributed by atoms with Crippen LogP contribution in [0, 0.1) is 0 Å². The van der Waals surface area contributed by atoms with Gasteiger partial charge in [-0.05, 0) is 44.0 Å². The van der Waals surface area contributed by atoms with Crippen molar-refractivity contribution in [3.05, 3.63) is 42.7 Å². The second-order valence-corrected chi connectivity index (χ2v) is 11.5. The van der Waals surface area contributed by atoms with Crippen LogP contribution in [0.5, 0.6) is 0 Å². The summed E-state index contributed by atoms with van der Waals surface area (Å²) < 4.78 is 18.0. The molecule has 6 heterocycles. The average Bonchev–Trinajstić information content (AvgIpc) is 3.53. The number of nitrogens with zero attached hydrogens (tertiary/aromatic N) is 7. The van der Waals surface area contributed by atoms with E-state index in [1.807, 2.05) is 37.3 Å². The maximum absolute atomic E-state index is 15.9. The molecule has 3 aliphatic rings. The minimum Gasteiger partial charge on any atom is -0.340 e. The third kappa shape index (κ3) is 4.88. The first-order chi connectivity index (χ1) is 18.0. The number of carbonyl (C=O) groups is 1. The first-order valence-electron chi connectivity index (χ1n) is 13.1.